The summed E-state index contributed by atoms with van der Waals surface area (Å²) in [4.78, 5) is 2.76. The van der Waals surface area contributed by atoms with Crippen molar-refractivity contribution in [2.45, 2.75) is 77.4 Å². The van der Waals surface area contributed by atoms with Crippen molar-refractivity contribution in [1.29, 1.82) is 0 Å². The topological polar surface area (TPSA) is 12.5 Å². The molecule has 0 aromatic heterocycles. The van der Waals surface area contributed by atoms with Gasteiger partial charge in [-0.3, -0.25) is 4.90 Å². The highest BCUT2D eigenvalue weighted by molar-refractivity contribution is 7.80. The van der Waals surface area contributed by atoms with Crippen LogP contribution in [-0.4, -0.2) is 42.5 Å². The monoisotopic (exact) mass is 299 g/mol. The summed E-state index contributed by atoms with van der Waals surface area (Å²) in [5.41, 5.74) is 0.423. The van der Waals surface area contributed by atoms with E-state index >= 15 is 0 Å². The van der Waals surface area contributed by atoms with E-state index in [1.165, 1.54) is 57.9 Å². The average molecular weight is 300 g/mol. The van der Waals surface area contributed by atoms with E-state index in [1.807, 2.05) is 0 Å². The average Bonchev–Trinajstić information content (AvgIpc) is 2.48. The van der Waals surface area contributed by atoms with Crippen LogP contribution < -0.4 is 0 Å². The molecule has 2 atom stereocenters. The van der Waals surface area contributed by atoms with Crippen LogP contribution in [0.5, 0.6) is 0 Å². The second-order valence-corrected chi connectivity index (χ2v) is 7.21. The van der Waals surface area contributed by atoms with E-state index in [0.29, 0.717) is 17.6 Å². The van der Waals surface area contributed by atoms with Gasteiger partial charge in [-0.2, -0.15) is 12.6 Å². The highest BCUT2D eigenvalue weighted by atomic mass is 32.1. The van der Waals surface area contributed by atoms with Crippen molar-refractivity contribution >= 4 is 12.6 Å². The molecule has 0 amide bonds. The second kappa shape index (κ2) is 8.05. The Bertz CT molecular complexity index is 276. The SMILES string of the molecule is CCCC(CS)(CCC)CN1CCOC2CCCCC21. The van der Waals surface area contributed by atoms with Crippen molar-refractivity contribution in [3.8, 4) is 0 Å². The quantitative estimate of drug-likeness (QED) is 0.709. The first-order valence-corrected chi connectivity index (χ1v) is 9.34. The van der Waals surface area contributed by atoms with Gasteiger partial charge in [0.1, 0.15) is 0 Å². The van der Waals surface area contributed by atoms with Crippen LogP contribution in [0.25, 0.3) is 0 Å². The Kier molecular flexibility index (Phi) is 6.70. The van der Waals surface area contributed by atoms with Crippen LogP contribution in [-0.2, 0) is 4.74 Å². The van der Waals surface area contributed by atoms with E-state index in [9.17, 15) is 0 Å². The summed E-state index contributed by atoms with van der Waals surface area (Å²) >= 11 is 4.73. The number of ether oxygens (including phenoxy) is 1. The number of nitrogens with zero attached hydrogens (tertiary/aromatic N) is 1. The molecule has 2 nitrogen and oxygen atoms in total. The second-order valence-electron chi connectivity index (χ2n) is 6.89. The zero-order chi connectivity index (χ0) is 14.4. The van der Waals surface area contributed by atoms with E-state index in [4.69, 9.17) is 17.4 Å². The van der Waals surface area contributed by atoms with Gasteiger partial charge in [0.2, 0.25) is 0 Å². The molecular weight excluding hydrogens is 266 g/mol. The van der Waals surface area contributed by atoms with Crippen molar-refractivity contribution in [2.75, 3.05) is 25.4 Å². The number of rotatable bonds is 7. The standard InChI is InChI=1S/C17H33NOS/c1-3-9-17(14-20,10-4-2)13-18-11-12-19-16-8-6-5-7-15(16)18/h15-16,20H,3-14H2,1-2H3. The smallest absolute Gasteiger partial charge is 0.0730 e. The lowest BCUT2D eigenvalue weighted by Crippen LogP contribution is -2.55. The summed E-state index contributed by atoms with van der Waals surface area (Å²) in [5.74, 6) is 1.03. The van der Waals surface area contributed by atoms with Gasteiger partial charge in [-0.05, 0) is 36.9 Å². The van der Waals surface area contributed by atoms with E-state index in [1.54, 1.807) is 0 Å². The molecule has 0 N–H and O–H groups in total. The van der Waals surface area contributed by atoms with Crippen LogP contribution in [0.1, 0.15) is 65.2 Å². The lowest BCUT2D eigenvalue weighted by Gasteiger charge is -2.48. The predicted molar refractivity (Wildman–Crippen MR) is 89.7 cm³/mol. The Hall–Kier alpha value is 0.270. The maximum Gasteiger partial charge on any atom is 0.0730 e. The molecule has 2 unspecified atom stereocenters. The predicted octanol–water partition coefficient (Wildman–Crippen LogP) is 4.15. The Morgan fingerprint density at radius 3 is 2.50 bits per heavy atom. The maximum atomic E-state index is 6.02. The number of hydrogen-bond donors (Lipinski definition) is 1. The highest BCUT2D eigenvalue weighted by Gasteiger charge is 2.38. The first-order valence-electron chi connectivity index (χ1n) is 8.71. The lowest BCUT2D eigenvalue weighted by atomic mass is 9.79. The van der Waals surface area contributed by atoms with Crippen LogP contribution >= 0.6 is 12.6 Å². The maximum absolute atomic E-state index is 6.02. The molecule has 20 heavy (non-hydrogen) atoms. The molecule has 2 rings (SSSR count). The number of fused-ring (bicyclic) bond motifs is 1. The Morgan fingerprint density at radius 1 is 1.15 bits per heavy atom. The summed E-state index contributed by atoms with van der Waals surface area (Å²) in [7, 11) is 0. The van der Waals surface area contributed by atoms with Crippen LogP contribution in [0, 0.1) is 5.41 Å². The van der Waals surface area contributed by atoms with Crippen LogP contribution in [0.15, 0.2) is 0 Å². The minimum atomic E-state index is 0.423. The van der Waals surface area contributed by atoms with Crippen molar-refractivity contribution in [1.82, 2.24) is 4.90 Å². The van der Waals surface area contributed by atoms with Gasteiger partial charge >= 0.3 is 0 Å². The van der Waals surface area contributed by atoms with Gasteiger partial charge in [0.25, 0.3) is 0 Å². The Labute approximate surface area is 131 Å². The molecule has 0 radical (unpaired) electrons. The van der Waals surface area contributed by atoms with E-state index in [0.717, 1.165) is 18.9 Å². The first-order chi connectivity index (χ1) is 9.74. The fourth-order valence-electron chi connectivity index (χ4n) is 4.36. The fraction of sp³-hybridized carbons (Fsp3) is 1.00. The first kappa shape index (κ1) is 16.6. The summed E-state index contributed by atoms with van der Waals surface area (Å²) in [6.45, 7) is 7.93. The van der Waals surface area contributed by atoms with Crippen molar-refractivity contribution < 1.29 is 4.74 Å². The van der Waals surface area contributed by atoms with Gasteiger partial charge in [-0.25, -0.2) is 0 Å². The van der Waals surface area contributed by atoms with Crippen molar-refractivity contribution in [3.05, 3.63) is 0 Å². The minimum Gasteiger partial charge on any atom is -0.375 e. The molecule has 0 spiro atoms. The van der Waals surface area contributed by atoms with Crippen LogP contribution in [0.4, 0.5) is 0 Å². The minimum absolute atomic E-state index is 0.423. The molecule has 2 aliphatic rings. The molecule has 3 heteroatoms. The van der Waals surface area contributed by atoms with Crippen molar-refractivity contribution in [2.24, 2.45) is 5.41 Å². The number of hydrogen-bond acceptors (Lipinski definition) is 3. The summed E-state index contributed by atoms with van der Waals surface area (Å²) in [5, 5.41) is 0. The van der Waals surface area contributed by atoms with Gasteiger partial charge in [-0.1, -0.05) is 39.5 Å². The highest BCUT2D eigenvalue weighted by Crippen LogP contribution is 2.36. The normalized spacial score (nSPS) is 28.4. The van der Waals surface area contributed by atoms with Gasteiger partial charge in [0, 0.05) is 19.1 Å². The summed E-state index contributed by atoms with van der Waals surface area (Å²) in [6, 6.07) is 0.686. The molecule has 118 valence electrons. The Balaban J connectivity index is 2.03. The molecule has 0 aromatic carbocycles. The van der Waals surface area contributed by atoms with E-state index in [-0.39, 0.29) is 0 Å². The van der Waals surface area contributed by atoms with Crippen LogP contribution in [0.2, 0.25) is 0 Å². The van der Waals surface area contributed by atoms with Gasteiger partial charge in [0.05, 0.1) is 12.7 Å². The third-order valence-corrected chi connectivity index (χ3v) is 5.95. The van der Waals surface area contributed by atoms with Crippen LogP contribution in [0.3, 0.4) is 0 Å². The molecule has 1 saturated carbocycles. The molecule has 2 fully saturated rings. The van der Waals surface area contributed by atoms with Gasteiger partial charge in [-0.15, -0.1) is 0 Å². The lowest BCUT2D eigenvalue weighted by molar-refractivity contribution is -0.0985. The molecule has 1 saturated heterocycles. The van der Waals surface area contributed by atoms with E-state index < -0.39 is 0 Å². The number of thiol groups is 1. The zero-order valence-electron chi connectivity index (χ0n) is 13.4. The van der Waals surface area contributed by atoms with E-state index in [2.05, 4.69) is 18.7 Å². The molecule has 0 aromatic rings. The molecular formula is C17H33NOS. The Morgan fingerprint density at radius 2 is 1.85 bits per heavy atom. The molecule has 1 heterocycles. The third kappa shape index (κ3) is 3.92. The fourth-order valence-corrected chi connectivity index (χ4v) is 4.77. The van der Waals surface area contributed by atoms with Gasteiger partial charge in [0.15, 0.2) is 0 Å². The summed E-state index contributed by atoms with van der Waals surface area (Å²) < 4.78 is 6.02. The van der Waals surface area contributed by atoms with Gasteiger partial charge < -0.3 is 4.74 Å². The summed E-state index contributed by atoms with van der Waals surface area (Å²) in [6.07, 6.45) is 11.1. The van der Waals surface area contributed by atoms with Crippen molar-refractivity contribution in [3.63, 3.8) is 0 Å². The molecule has 0 bridgehead atoms. The molecule has 1 aliphatic heterocycles. The largest absolute Gasteiger partial charge is 0.375 e. The third-order valence-electron chi connectivity index (χ3n) is 5.28. The number of morpholine rings is 1. The zero-order valence-corrected chi connectivity index (χ0v) is 14.3. The molecule has 1 aliphatic carbocycles.